The highest BCUT2D eigenvalue weighted by atomic mass is 19.1. The number of hydrogen-bond donors (Lipinski definition) is 4. The van der Waals surface area contributed by atoms with E-state index in [0.29, 0.717) is 23.6 Å². The van der Waals surface area contributed by atoms with Crippen molar-refractivity contribution >= 4 is 23.0 Å². The molecule has 1 aliphatic rings. The molecule has 4 rings (SSSR count). The molecule has 0 radical (unpaired) electrons. The first kappa shape index (κ1) is 27.6. The second-order valence-corrected chi connectivity index (χ2v) is 10.1. The zero-order valence-electron chi connectivity index (χ0n) is 22.5. The molecule has 11 nitrogen and oxygen atoms in total. The second-order valence-electron chi connectivity index (χ2n) is 10.1. The number of carbonyl (C=O) groups is 1. The molecule has 1 amide bonds. The van der Waals surface area contributed by atoms with E-state index in [1.807, 2.05) is 45.5 Å². The van der Waals surface area contributed by atoms with Crippen LogP contribution in [0.25, 0.3) is 5.57 Å². The van der Waals surface area contributed by atoms with Gasteiger partial charge in [-0.2, -0.15) is 10.2 Å². The van der Waals surface area contributed by atoms with Gasteiger partial charge in [0.05, 0.1) is 29.8 Å². The van der Waals surface area contributed by atoms with Gasteiger partial charge in [0.1, 0.15) is 11.4 Å². The van der Waals surface area contributed by atoms with Crippen LogP contribution >= 0.6 is 0 Å². The van der Waals surface area contributed by atoms with Crippen molar-refractivity contribution in [1.82, 2.24) is 40.6 Å². The molecule has 0 saturated heterocycles. The number of carbonyl (C=O) groups excluding carboxylic acids is 1. The van der Waals surface area contributed by atoms with Crippen molar-refractivity contribution in [1.29, 1.82) is 0 Å². The summed E-state index contributed by atoms with van der Waals surface area (Å²) in [6.45, 7) is 9.33. The third kappa shape index (κ3) is 6.71. The number of halogens is 1. The number of aryl methyl sites for hydroxylation is 1. The Morgan fingerprint density at radius 2 is 2.00 bits per heavy atom. The SMILES string of the molecule is CNCCn1nc(Nc2cc(C3=CC=CC(F)C(NC(=O)c4cnc(C(C)(C)C)cn4)=C3)n[nH]c2=O)cc1C. The lowest BCUT2D eigenvalue weighted by molar-refractivity contribution is 0.0955. The average Bonchev–Trinajstić information content (AvgIpc) is 3.14. The smallest absolute Gasteiger partial charge is 0.287 e. The van der Waals surface area contributed by atoms with E-state index in [1.54, 1.807) is 18.3 Å². The maximum atomic E-state index is 14.9. The summed E-state index contributed by atoms with van der Waals surface area (Å²) in [7, 11) is 1.86. The van der Waals surface area contributed by atoms with Gasteiger partial charge in [-0.05, 0) is 32.2 Å². The van der Waals surface area contributed by atoms with Gasteiger partial charge in [0.2, 0.25) is 0 Å². The topological polar surface area (TPSA) is 143 Å². The molecule has 12 heteroatoms. The van der Waals surface area contributed by atoms with E-state index in [2.05, 4.69) is 41.2 Å². The predicted molar refractivity (Wildman–Crippen MR) is 147 cm³/mol. The zero-order chi connectivity index (χ0) is 28.2. The average molecular weight is 534 g/mol. The van der Waals surface area contributed by atoms with Crippen LogP contribution in [0.5, 0.6) is 0 Å². The molecule has 0 aromatic carbocycles. The Kier molecular flexibility index (Phi) is 8.15. The number of rotatable bonds is 8. The van der Waals surface area contributed by atoms with Gasteiger partial charge in [0.25, 0.3) is 11.5 Å². The summed E-state index contributed by atoms with van der Waals surface area (Å²) >= 11 is 0. The summed E-state index contributed by atoms with van der Waals surface area (Å²) < 4.78 is 16.7. The highest BCUT2D eigenvalue weighted by molar-refractivity contribution is 5.93. The van der Waals surface area contributed by atoms with E-state index in [9.17, 15) is 14.0 Å². The monoisotopic (exact) mass is 533 g/mol. The van der Waals surface area contributed by atoms with Crippen LogP contribution in [0.4, 0.5) is 15.9 Å². The first-order chi connectivity index (χ1) is 18.5. The first-order valence-electron chi connectivity index (χ1n) is 12.5. The minimum absolute atomic E-state index is 0.00288. The van der Waals surface area contributed by atoms with Crippen LogP contribution in [0.15, 0.2) is 59.3 Å². The Labute approximate surface area is 225 Å². The van der Waals surface area contributed by atoms with Crippen LogP contribution in [0.2, 0.25) is 0 Å². The molecule has 0 bridgehead atoms. The lowest BCUT2D eigenvalue weighted by Crippen LogP contribution is -2.28. The second kappa shape index (κ2) is 11.5. The molecule has 0 spiro atoms. The van der Waals surface area contributed by atoms with E-state index in [-0.39, 0.29) is 22.5 Å². The summed E-state index contributed by atoms with van der Waals surface area (Å²) in [5, 5.41) is 19.8. The third-order valence-electron chi connectivity index (χ3n) is 5.99. The molecular formula is C27H32FN9O2. The third-order valence-corrected chi connectivity index (χ3v) is 5.99. The van der Waals surface area contributed by atoms with Crippen LogP contribution in [0.3, 0.4) is 0 Å². The van der Waals surface area contributed by atoms with E-state index in [4.69, 9.17) is 0 Å². The minimum Gasteiger partial charge on any atom is -0.334 e. The van der Waals surface area contributed by atoms with Crippen LogP contribution in [0, 0.1) is 6.92 Å². The van der Waals surface area contributed by atoms with Gasteiger partial charge in [-0.15, -0.1) is 0 Å². The highest BCUT2D eigenvalue weighted by Crippen LogP contribution is 2.23. The number of alkyl halides is 1. The largest absolute Gasteiger partial charge is 0.334 e. The number of aromatic nitrogens is 6. The van der Waals surface area contributed by atoms with Gasteiger partial charge in [-0.3, -0.25) is 19.3 Å². The summed E-state index contributed by atoms with van der Waals surface area (Å²) in [4.78, 5) is 33.8. The van der Waals surface area contributed by atoms with Gasteiger partial charge in [-0.25, -0.2) is 14.5 Å². The summed E-state index contributed by atoms with van der Waals surface area (Å²) in [6.07, 6.45) is 7.29. The predicted octanol–water partition coefficient (Wildman–Crippen LogP) is 2.93. The first-order valence-corrected chi connectivity index (χ1v) is 12.5. The van der Waals surface area contributed by atoms with Crippen LogP contribution in [-0.4, -0.2) is 55.6 Å². The Bertz CT molecular complexity index is 1490. The molecule has 3 aromatic heterocycles. The molecule has 39 heavy (non-hydrogen) atoms. The van der Waals surface area contributed by atoms with Crippen molar-refractivity contribution in [2.75, 3.05) is 18.9 Å². The minimum atomic E-state index is -1.57. The van der Waals surface area contributed by atoms with Crippen LogP contribution in [-0.2, 0) is 12.0 Å². The molecule has 0 saturated carbocycles. The van der Waals surface area contributed by atoms with E-state index >= 15 is 0 Å². The maximum Gasteiger partial charge on any atom is 0.287 e. The molecule has 1 unspecified atom stereocenters. The van der Waals surface area contributed by atoms with Crippen molar-refractivity contribution in [2.24, 2.45) is 0 Å². The van der Waals surface area contributed by atoms with Crippen LogP contribution in [0.1, 0.15) is 48.3 Å². The Balaban J connectivity index is 1.56. The maximum absolute atomic E-state index is 14.9. The Morgan fingerprint density at radius 3 is 2.69 bits per heavy atom. The molecule has 1 aliphatic carbocycles. The van der Waals surface area contributed by atoms with Crippen molar-refractivity contribution in [3.05, 3.63) is 87.7 Å². The highest BCUT2D eigenvalue weighted by Gasteiger charge is 2.21. The molecular weight excluding hydrogens is 501 g/mol. The Morgan fingerprint density at radius 1 is 1.21 bits per heavy atom. The quantitative estimate of drug-likeness (QED) is 0.346. The molecule has 204 valence electrons. The van der Waals surface area contributed by atoms with E-state index in [1.165, 1.54) is 24.4 Å². The van der Waals surface area contributed by atoms with Crippen LogP contribution < -0.4 is 21.5 Å². The number of nitrogens with zero attached hydrogens (tertiary/aromatic N) is 5. The molecule has 3 aromatic rings. The van der Waals surface area contributed by atoms with Crippen molar-refractivity contribution in [2.45, 2.75) is 45.8 Å². The molecule has 4 N–H and O–H groups in total. The van der Waals surface area contributed by atoms with E-state index in [0.717, 1.165) is 17.9 Å². The number of H-pyrrole nitrogens is 1. The summed E-state index contributed by atoms with van der Waals surface area (Å²) in [6, 6.07) is 3.38. The fourth-order valence-electron chi connectivity index (χ4n) is 3.75. The number of nitrogens with one attached hydrogen (secondary N) is 4. The number of anilines is 2. The van der Waals surface area contributed by atoms with Gasteiger partial charge in [-0.1, -0.05) is 32.9 Å². The van der Waals surface area contributed by atoms with Gasteiger partial charge < -0.3 is 16.0 Å². The number of likely N-dealkylation sites (N-methyl/N-ethyl adjacent to an activating group) is 1. The van der Waals surface area contributed by atoms with Gasteiger partial charge in [0, 0.05) is 35.5 Å². The molecule has 0 fully saturated rings. The van der Waals surface area contributed by atoms with Crippen molar-refractivity contribution < 1.29 is 9.18 Å². The molecule has 1 atom stereocenters. The van der Waals surface area contributed by atoms with Gasteiger partial charge >= 0.3 is 0 Å². The zero-order valence-corrected chi connectivity index (χ0v) is 22.5. The summed E-state index contributed by atoms with van der Waals surface area (Å²) in [5.74, 6) is -0.0839. The normalized spacial score (nSPS) is 15.4. The van der Waals surface area contributed by atoms with Gasteiger partial charge in [0.15, 0.2) is 12.0 Å². The molecule has 0 aliphatic heterocycles. The molecule has 3 heterocycles. The fraction of sp³-hybridized carbons (Fsp3) is 0.333. The fourth-order valence-corrected chi connectivity index (χ4v) is 3.75. The van der Waals surface area contributed by atoms with Crippen molar-refractivity contribution in [3.63, 3.8) is 0 Å². The van der Waals surface area contributed by atoms with E-state index < -0.39 is 17.6 Å². The number of amides is 1. The number of hydrogen-bond acceptors (Lipinski definition) is 8. The Hall–Kier alpha value is -4.45. The number of aromatic amines is 1. The lowest BCUT2D eigenvalue weighted by Gasteiger charge is -2.17. The lowest BCUT2D eigenvalue weighted by atomic mass is 9.93. The number of allylic oxidation sites excluding steroid dienone is 5. The van der Waals surface area contributed by atoms with Crippen molar-refractivity contribution in [3.8, 4) is 0 Å². The summed E-state index contributed by atoms with van der Waals surface area (Å²) in [5.41, 5.74) is 2.14. The standard InChI is InChI=1S/C27H32FN9O2/c1-16-11-24(36-37(16)10-9-29-5)32-21-13-19(34-35-26(21)39)17-7-6-8-18(28)20(12-17)33-25(38)22-14-31-23(15-30-22)27(2,3)4/h6-8,11-15,18,29H,9-10H2,1-5H3,(H,33,38)(H,35,39)(H,32,34,36).